The number of carbonyl (C=O) groups is 1. The van der Waals surface area contributed by atoms with Crippen molar-refractivity contribution in [2.24, 2.45) is 0 Å². The smallest absolute Gasteiger partial charge is 0.321 e. The topological polar surface area (TPSA) is 73.0 Å². The second kappa shape index (κ2) is 9.11. The Hall–Kier alpha value is -2.58. The lowest BCUT2D eigenvalue weighted by molar-refractivity contribution is 0.247. The molecule has 1 N–H and O–H groups in total. The van der Waals surface area contributed by atoms with Crippen LogP contribution in [0.25, 0.3) is 0 Å². The van der Waals surface area contributed by atoms with Crippen LogP contribution in [-0.4, -0.2) is 57.5 Å². The fourth-order valence-corrected chi connectivity index (χ4v) is 6.12. The standard InChI is InChI=1S/C24H32N4O3S/c1-4-11-25-24(29)28-12-10-20-16-22(8-9-23(20)28)32(30,31)26-13-14-27(19(3)17-26)21-7-5-6-18(2)15-21/h5-9,15-16,19H,4,10-14,17H2,1-3H3,(H,25,29). The van der Waals surface area contributed by atoms with Gasteiger partial charge in [0.15, 0.2) is 0 Å². The van der Waals surface area contributed by atoms with Crippen LogP contribution in [0.2, 0.25) is 0 Å². The zero-order valence-corrected chi connectivity index (χ0v) is 19.9. The molecule has 1 unspecified atom stereocenters. The predicted molar refractivity (Wildman–Crippen MR) is 128 cm³/mol. The molecule has 0 spiro atoms. The Morgan fingerprint density at radius 3 is 2.66 bits per heavy atom. The minimum absolute atomic E-state index is 0.0764. The molecule has 2 aliphatic heterocycles. The first kappa shape index (κ1) is 22.6. The summed E-state index contributed by atoms with van der Waals surface area (Å²) in [6, 6.07) is 13.4. The Bertz CT molecular complexity index is 1100. The molecule has 2 heterocycles. The van der Waals surface area contributed by atoms with Gasteiger partial charge in [0, 0.05) is 50.1 Å². The number of hydrogen-bond donors (Lipinski definition) is 1. The molecule has 1 saturated heterocycles. The van der Waals surface area contributed by atoms with Crippen molar-refractivity contribution in [3.05, 3.63) is 53.6 Å². The summed E-state index contributed by atoms with van der Waals surface area (Å²) in [5, 5.41) is 2.89. The minimum atomic E-state index is -3.59. The van der Waals surface area contributed by atoms with Gasteiger partial charge in [-0.2, -0.15) is 4.31 Å². The highest BCUT2D eigenvalue weighted by atomic mass is 32.2. The lowest BCUT2D eigenvalue weighted by Crippen LogP contribution is -2.53. The molecule has 2 aromatic rings. The van der Waals surface area contributed by atoms with Crippen LogP contribution in [0.3, 0.4) is 0 Å². The first-order valence-electron chi connectivity index (χ1n) is 11.3. The van der Waals surface area contributed by atoms with Crippen molar-refractivity contribution in [1.82, 2.24) is 9.62 Å². The van der Waals surface area contributed by atoms with Gasteiger partial charge < -0.3 is 10.2 Å². The number of benzene rings is 2. The van der Waals surface area contributed by atoms with Crippen LogP contribution in [0.5, 0.6) is 0 Å². The number of carbonyl (C=O) groups excluding carboxylic acids is 1. The number of anilines is 2. The van der Waals surface area contributed by atoms with E-state index in [-0.39, 0.29) is 12.1 Å². The average molecular weight is 457 g/mol. The van der Waals surface area contributed by atoms with E-state index in [1.165, 1.54) is 5.56 Å². The molecule has 172 valence electrons. The Balaban J connectivity index is 1.49. The van der Waals surface area contributed by atoms with Gasteiger partial charge in [0.05, 0.1) is 4.90 Å². The third-order valence-electron chi connectivity index (χ3n) is 6.28. The van der Waals surface area contributed by atoms with E-state index in [0.717, 1.165) is 23.4 Å². The zero-order valence-electron chi connectivity index (χ0n) is 19.0. The number of amides is 2. The summed E-state index contributed by atoms with van der Waals surface area (Å²) in [6.07, 6.45) is 1.54. The van der Waals surface area contributed by atoms with Gasteiger partial charge in [-0.1, -0.05) is 19.1 Å². The van der Waals surface area contributed by atoms with E-state index < -0.39 is 10.0 Å². The van der Waals surface area contributed by atoms with E-state index in [0.29, 0.717) is 44.0 Å². The highest BCUT2D eigenvalue weighted by molar-refractivity contribution is 7.89. The maximum absolute atomic E-state index is 13.4. The van der Waals surface area contributed by atoms with E-state index >= 15 is 0 Å². The molecule has 7 nitrogen and oxygen atoms in total. The van der Waals surface area contributed by atoms with Crippen LogP contribution in [-0.2, 0) is 16.4 Å². The molecular weight excluding hydrogens is 424 g/mol. The van der Waals surface area contributed by atoms with Gasteiger partial charge in [-0.05, 0) is 68.1 Å². The fraction of sp³-hybridized carbons (Fsp3) is 0.458. The van der Waals surface area contributed by atoms with E-state index in [2.05, 4.69) is 42.3 Å². The van der Waals surface area contributed by atoms with Crippen LogP contribution in [0.15, 0.2) is 47.4 Å². The molecule has 0 aliphatic carbocycles. The van der Waals surface area contributed by atoms with Crippen molar-refractivity contribution < 1.29 is 13.2 Å². The number of rotatable bonds is 5. The number of urea groups is 1. The minimum Gasteiger partial charge on any atom is -0.366 e. The molecule has 32 heavy (non-hydrogen) atoms. The number of nitrogens with zero attached hydrogens (tertiary/aromatic N) is 3. The average Bonchev–Trinajstić information content (AvgIpc) is 3.21. The van der Waals surface area contributed by atoms with Gasteiger partial charge in [0.1, 0.15) is 0 Å². The highest BCUT2D eigenvalue weighted by Gasteiger charge is 2.34. The van der Waals surface area contributed by atoms with Crippen molar-refractivity contribution >= 4 is 27.4 Å². The van der Waals surface area contributed by atoms with Crippen LogP contribution in [0.1, 0.15) is 31.4 Å². The van der Waals surface area contributed by atoms with Crippen molar-refractivity contribution in [3.8, 4) is 0 Å². The van der Waals surface area contributed by atoms with E-state index in [1.54, 1.807) is 27.4 Å². The Kier molecular flexibility index (Phi) is 6.44. The quantitative estimate of drug-likeness (QED) is 0.749. The fourth-order valence-electron chi connectivity index (χ4n) is 4.56. The molecule has 0 bridgehead atoms. The lowest BCUT2D eigenvalue weighted by Gasteiger charge is -2.40. The molecule has 0 radical (unpaired) electrons. The van der Waals surface area contributed by atoms with Gasteiger partial charge in [0.25, 0.3) is 0 Å². The van der Waals surface area contributed by atoms with Crippen LogP contribution in [0.4, 0.5) is 16.2 Å². The highest BCUT2D eigenvalue weighted by Crippen LogP contribution is 2.32. The maximum atomic E-state index is 13.4. The number of nitrogens with one attached hydrogen (secondary N) is 1. The molecular formula is C24H32N4O3S. The maximum Gasteiger partial charge on any atom is 0.321 e. The van der Waals surface area contributed by atoms with Crippen LogP contribution >= 0.6 is 0 Å². The largest absolute Gasteiger partial charge is 0.366 e. The predicted octanol–water partition coefficient (Wildman–Crippen LogP) is 3.38. The Morgan fingerprint density at radius 2 is 1.94 bits per heavy atom. The Morgan fingerprint density at radius 1 is 1.12 bits per heavy atom. The van der Waals surface area contributed by atoms with Crippen LogP contribution in [0, 0.1) is 6.92 Å². The summed E-state index contributed by atoms with van der Waals surface area (Å²) in [7, 11) is -3.59. The van der Waals surface area contributed by atoms with Gasteiger partial charge in [-0.25, -0.2) is 13.2 Å². The number of hydrogen-bond acceptors (Lipinski definition) is 4. The van der Waals surface area contributed by atoms with Crippen molar-refractivity contribution in [1.29, 1.82) is 0 Å². The number of sulfonamides is 1. The first-order chi connectivity index (χ1) is 15.3. The summed E-state index contributed by atoms with van der Waals surface area (Å²) < 4.78 is 28.4. The van der Waals surface area contributed by atoms with Crippen molar-refractivity contribution in [2.45, 2.75) is 44.6 Å². The molecule has 4 rings (SSSR count). The normalized spacial score (nSPS) is 19.2. The number of aryl methyl sites for hydroxylation is 1. The van der Waals surface area contributed by atoms with Gasteiger partial charge in [-0.3, -0.25) is 4.90 Å². The molecule has 1 fully saturated rings. The SMILES string of the molecule is CCCNC(=O)N1CCc2cc(S(=O)(=O)N3CCN(c4cccc(C)c4)C(C)C3)ccc21. The van der Waals surface area contributed by atoms with Crippen molar-refractivity contribution in [3.63, 3.8) is 0 Å². The second-order valence-corrected chi connectivity index (χ2v) is 10.6. The summed E-state index contributed by atoms with van der Waals surface area (Å²) >= 11 is 0. The van der Waals surface area contributed by atoms with Crippen molar-refractivity contribution in [2.75, 3.05) is 42.5 Å². The van der Waals surface area contributed by atoms with E-state index in [1.807, 2.05) is 13.0 Å². The third-order valence-corrected chi connectivity index (χ3v) is 8.14. The number of piperazine rings is 1. The van der Waals surface area contributed by atoms with Crippen LogP contribution < -0.4 is 15.1 Å². The molecule has 1 atom stereocenters. The van der Waals surface area contributed by atoms with Gasteiger partial charge >= 0.3 is 6.03 Å². The molecule has 0 saturated carbocycles. The second-order valence-electron chi connectivity index (χ2n) is 8.67. The first-order valence-corrected chi connectivity index (χ1v) is 12.8. The monoisotopic (exact) mass is 456 g/mol. The summed E-state index contributed by atoms with van der Waals surface area (Å²) in [6.45, 7) is 8.89. The van der Waals surface area contributed by atoms with Gasteiger partial charge in [-0.15, -0.1) is 0 Å². The molecule has 0 aromatic heterocycles. The summed E-state index contributed by atoms with van der Waals surface area (Å²) in [5.74, 6) is 0. The molecule has 8 heteroatoms. The molecule has 2 aromatic carbocycles. The van der Waals surface area contributed by atoms with Gasteiger partial charge in [0.2, 0.25) is 10.0 Å². The van der Waals surface area contributed by atoms with E-state index in [4.69, 9.17) is 0 Å². The third kappa shape index (κ3) is 4.34. The lowest BCUT2D eigenvalue weighted by atomic mass is 10.1. The molecule has 2 aliphatic rings. The molecule has 2 amide bonds. The Labute approximate surface area is 191 Å². The zero-order chi connectivity index (χ0) is 22.9. The van der Waals surface area contributed by atoms with E-state index in [9.17, 15) is 13.2 Å². The number of fused-ring (bicyclic) bond motifs is 1. The summed E-state index contributed by atoms with van der Waals surface area (Å²) in [4.78, 5) is 16.7. The summed E-state index contributed by atoms with van der Waals surface area (Å²) in [5.41, 5.74) is 4.04.